The number of anilines is 1. The number of amides is 2. The molecule has 22 heavy (non-hydrogen) atoms. The summed E-state index contributed by atoms with van der Waals surface area (Å²) in [7, 11) is 0. The lowest BCUT2D eigenvalue weighted by Gasteiger charge is -2.19. The van der Waals surface area contributed by atoms with Gasteiger partial charge in [0.05, 0.1) is 17.0 Å². The predicted octanol–water partition coefficient (Wildman–Crippen LogP) is 1.28. The molecular weight excluding hydrogens is 302 g/mol. The lowest BCUT2D eigenvalue weighted by molar-refractivity contribution is -0.135. The molecule has 0 saturated carbocycles. The van der Waals surface area contributed by atoms with Crippen LogP contribution in [0.4, 0.5) is 5.00 Å². The van der Waals surface area contributed by atoms with E-state index in [4.69, 9.17) is 5.73 Å². The highest BCUT2D eigenvalue weighted by atomic mass is 32.1. The molecule has 2 heterocycles. The molecule has 1 aromatic rings. The van der Waals surface area contributed by atoms with Crippen molar-refractivity contribution in [2.24, 2.45) is 5.10 Å². The van der Waals surface area contributed by atoms with Gasteiger partial charge in [-0.3, -0.25) is 9.59 Å². The van der Waals surface area contributed by atoms with E-state index in [2.05, 4.69) is 14.9 Å². The van der Waals surface area contributed by atoms with E-state index in [1.807, 2.05) is 6.92 Å². The molecule has 3 N–H and O–H groups in total. The smallest absolute Gasteiger partial charge is 0.259 e. The van der Waals surface area contributed by atoms with Gasteiger partial charge in [-0.2, -0.15) is 9.47 Å². The molecule has 0 atom stereocenters. The van der Waals surface area contributed by atoms with Crippen LogP contribution in [0, 0.1) is 6.92 Å². The highest BCUT2D eigenvalue weighted by molar-refractivity contribution is 7.10. The minimum absolute atomic E-state index is 0.0375. The van der Waals surface area contributed by atoms with E-state index in [1.54, 1.807) is 11.8 Å². The number of nitrogens with one attached hydrogen (secondary N) is 1. The fourth-order valence-corrected chi connectivity index (χ4v) is 3.16. The van der Waals surface area contributed by atoms with Gasteiger partial charge >= 0.3 is 0 Å². The summed E-state index contributed by atoms with van der Waals surface area (Å²) in [6.07, 6.45) is 3.40. The molecule has 0 bridgehead atoms. The van der Waals surface area contributed by atoms with E-state index in [-0.39, 0.29) is 18.4 Å². The fraction of sp³-hybridized carbons (Fsp3) is 0.571. The van der Waals surface area contributed by atoms with Crippen LogP contribution in [0.2, 0.25) is 0 Å². The minimum Gasteiger partial charge on any atom is -0.389 e. The number of nitrogens with two attached hydrogens (primary N) is 1. The Morgan fingerprint density at radius 2 is 2.23 bits per heavy atom. The van der Waals surface area contributed by atoms with Gasteiger partial charge in [-0.15, -0.1) is 0 Å². The largest absolute Gasteiger partial charge is 0.389 e. The van der Waals surface area contributed by atoms with Crippen molar-refractivity contribution >= 4 is 34.1 Å². The van der Waals surface area contributed by atoms with Gasteiger partial charge in [-0.25, -0.2) is 5.43 Å². The third kappa shape index (κ3) is 4.03. The first-order chi connectivity index (χ1) is 10.5. The zero-order chi connectivity index (χ0) is 16.1. The molecule has 1 aromatic heterocycles. The molecule has 0 aromatic carbocycles. The van der Waals surface area contributed by atoms with Gasteiger partial charge < -0.3 is 10.6 Å². The molecule has 1 aliphatic heterocycles. The van der Waals surface area contributed by atoms with Crippen LogP contribution in [0.3, 0.4) is 0 Å². The maximum absolute atomic E-state index is 12.0. The first kappa shape index (κ1) is 16.4. The van der Waals surface area contributed by atoms with E-state index in [9.17, 15) is 9.59 Å². The number of hydrogen-bond donors (Lipinski definition) is 2. The number of aryl methyl sites for hydroxylation is 1. The summed E-state index contributed by atoms with van der Waals surface area (Å²) in [5, 5.41) is 4.65. The number of carbonyl (C=O) groups is 2. The molecule has 120 valence electrons. The van der Waals surface area contributed by atoms with E-state index < -0.39 is 0 Å². The van der Waals surface area contributed by atoms with Crippen molar-refractivity contribution in [2.75, 3.05) is 18.8 Å². The van der Waals surface area contributed by atoms with Crippen molar-refractivity contribution in [3.63, 3.8) is 0 Å². The first-order valence-corrected chi connectivity index (χ1v) is 8.09. The number of likely N-dealkylation sites (tertiary alicyclic amines) is 1. The Labute approximate surface area is 133 Å². The SMILES string of the molecule is C/C(=N/NC(=O)CN1CCCCCC1=O)c1c(C)nsc1N. The molecule has 1 saturated heterocycles. The van der Waals surface area contributed by atoms with Crippen LogP contribution in [0.15, 0.2) is 5.10 Å². The van der Waals surface area contributed by atoms with E-state index in [1.165, 1.54) is 11.5 Å². The average molecular weight is 323 g/mol. The monoisotopic (exact) mass is 323 g/mol. The lowest BCUT2D eigenvalue weighted by Crippen LogP contribution is -2.39. The molecule has 0 aliphatic carbocycles. The number of nitrogen functional groups attached to an aromatic ring is 1. The molecule has 0 unspecified atom stereocenters. The summed E-state index contributed by atoms with van der Waals surface area (Å²) < 4.78 is 4.15. The maximum atomic E-state index is 12.0. The Balaban J connectivity index is 1.94. The minimum atomic E-state index is -0.297. The summed E-state index contributed by atoms with van der Waals surface area (Å²) in [6.45, 7) is 4.30. The van der Waals surface area contributed by atoms with Crippen LogP contribution in [0.25, 0.3) is 0 Å². The Bertz CT molecular complexity index is 577. The third-order valence-corrected chi connectivity index (χ3v) is 4.37. The van der Waals surface area contributed by atoms with Gasteiger partial charge in [0.1, 0.15) is 11.5 Å². The lowest BCUT2D eigenvalue weighted by atomic mass is 10.2. The van der Waals surface area contributed by atoms with E-state index in [0.717, 1.165) is 30.5 Å². The molecule has 1 fully saturated rings. The third-order valence-electron chi connectivity index (χ3n) is 3.61. The number of hydrazone groups is 1. The summed E-state index contributed by atoms with van der Waals surface area (Å²) in [6, 6.07) is 0. The van der Waals surface area contributed by atoms with Crippen LogP contribution >= 0.6 is 11.5 Å². The fourth-order valence-electron chi connectivity index (χ4n) is 2.44. The molecule has 0 radical (unpaired) electrons. The van der Waals surface area contributed by atoms with Crippen LogP contribution in [-0.2, 0) is 9.59 Å². The Hall–Kier alpha value is -1.96. The second kappa shape index (κ2) is 7.35. The Kier molecular flexibility index (Phi) is 5.48. The summed E-state index contributed by atoms with van der Waals surface area (Å²) in [5.41, 5.74) is 10.5. The Morgan fingerprint density at radius 3 is 2.91 bits per heavy atom. The van der Waals surface area contributed by atoms with Gasteiger partial charge in [0.2, 0.25) is 5.91 Å². The molecule has 2 rings (SSSR count). The molecule has 7 nitrogen and oxygen atoms in total. The highest BCUT2D eigenvalue weighted by Gasteiger charge is 2.19. The van der Waals surface area contributed by atoms with E-state index >= 15 is 0 Å². The van der Waals surface area contributed by atoms with Gasteiger partial charge in [-0.1, -0.05) is 6.42 Å². The van der Waals surface area contributed by atoms with Gasteiger partial charge in [0.25, 0.3) is 5.91 Å². The zero-order valence-electron chi connectivity index (χ0n) is 12.9. The second-order valence-corrected chi connectivity index (χ2v) is 6.17. The van der Waals surface area contributed by atoms with Crippen LogP contribution in [0.5, 0.6) is 0 Å². The van der Waals surface area contributed by atoms with Crippen molar-refractivity contribution < 1.29 is 9.59 Å². The van der Waals surface area contributed by atoms with Crippen molar-refractivity contribution in [3.05, 3.63) is 11.3 Å². The quantitative estimate of drug-likeness (QED) is 0.644. The standard InChI is InChI=1S/C14H21N5O2S/c1-9(13-10(2)18-22-14(13)15)16-17-11(20)8-19-7-5-3-4-6-12(19)21/h3-8,15H2,1-2H3,(H,17,20)/b16-9-. The summed E-state index contributed by atoms with van der Waals surface area (Å²) in [5.74, 6) is -0.260. The molecule has 2 amide bonds. The highest BCUT2D eigenvalue weighted by Crippen LogP contribution is 2.21. The Morgan fingerprint density at radius 1 is 1.45 bits per heavy atom. The molecule has 0 spiro atoms. The molecular formula is C14H21N5O2S. The molecule has 8 heteroatoms. The van der Waals surface area contributed by atoms with Gasteiger partial charge in [0, 0.05) is 13.0 Å². The zero-order valence-corrected chi connectivity index (χ0v) is 13.7. The number of hydrogen-bond acceptors (Lipinski definition) is 6. The normalized spacial score (nSPS) is 16.5. The summed E-state index contributed by atoms with van der Waals surface area (Å²) in [4.78, 5) is 25.4. The number of carbonyl (C=O) groups excluding carboxylic acids is 2. The average Bonchev–Trinajstić information content (AvgIpc) is 2.68. The van der Waals surface area contributed by atoms with Crippen LogP contribution in [-0.4, -0.2) is 39.9 Å². The maximum Gasteiger partial charge on any atom is 0.259 e. The second-order valence-electron chi connectivity index (χ2n) is 5.37. The topological polar surface area (TPSA) is 101 Å². The van der Waals surface area contributed by atoms with Gasteiger partial charge in [0.15, 0.2) is 0 Å². The summed E-state index contributed by atoms with van der Waals surface area (Å²) >= 11 is 1.21. The van der Waals surface area contributed by atoms with E-state index in [0.29, 0.717) is 23.7 Å². The first-order valence-electron chi connectivity index (χ1n) is 7.32. The van der Waals surface area contributed by atoms with Crippen LogP contribution < -0.4 is 11.2 Å². The number of nitrogens with zero attached hydrogens (tertiary/aromatic N) is 3. The predicted molar refractivity (Wildman–Crippen MR) is 86.7 cm³/mol. The van der Waals surface area contributed by atoms with Gasteiger partial charge in [-0.05, 0) is 38.2 Å². The van der Waals surface area contributed by atoms with Crippen molar-refractivity contribution in [1.29, 1.82) is 0 Å². The molecule has 1 aliphatic rings. The van der Waals surface area contributed by atoms with Crippen LogP contribution in [0.1, 0.15) is 43.9 Å². The number of aromatic nitrogens is 1. The van der Waals surface area contributed by atoms with Crippen molar-refractivity contribution in [2.45, 2.75) is 39.5 Å². The van der Waals surface area contributed by atoms with Crippen molar-refractivity contribution in [3.8, 4) is 0 Å². The van der Waals surface area contributed by atoms with Crippen molar-refractivity contribution in [1.82, 2.24) is 14.7 Å². The number of rotatable bonds is 4.